The Bertz CT molecular complexity index is 788. The van der Waals surface area contributed by atoms with E-state index < -0.39 is 5.91 Å². The first-order valence-electron chi connectivity index (χ1n) is 7.13. The van der Waals surface area contributed by atoms with Crippen molar-refractivity contribution in [2.75, 3.05) is 31.2 Å². The summed E-state index contributed by atoms with van der Waals surface area (Å²) >= 11 is 1.24. The fourth-order valence-corrected chi connectivity index (χ4v) is 3.81. The highest BCUT2D eigenvalue weighted by atomic mass is 32.1. The largest absolute Gasteiger partial charge is 0.593 e. The number of benzene rings is 1. The highest BCUT2D eigenvalue weighted by molar-refractivity contribution is 7.18. The number of nitrogens with two attached hydrogens (primary N) is 1. The van der Waals surface area contributed by atoms with Crippen LogP contribution in [0.1, 0.15) is 15.2 Å². The number of hydrogen-bond donors (Lipinski definition) is 1. The molecule has 6 nitrogen and oxygen atoms in total. The van der Waals surface area contributed by atoms with Gasteiger partial charge >= 0.3 is 0 Å². The molecule has 0 atom stereocenters. The van der Waals surface area contributed by atoms with Crippen molar-refractivity contribution in [3.05, 3.63) is 34.7 Å². The van der Waals surface area contributed by atoms with Crippen LogP contribution >= 0.6 is 11.3 Å². The number of rotatable bonds is 3. The van der Waals surface area contributed by atoms with Crippen LogP contribution in [0.2, 0.25) is 0 Å². The van der Waals surface area contributed by atoms with Crippen molar-refractivity contribution < 1.29 is 14.6 Å². The molecule has 1 aromatic heterocycles. The van der Waals surface area contributed by atoms with Gasteiger partial charge in [-0.2, -0.15) is 5.26 Å². The van der Waals surface area contributed by atoms with Gasteiger partial charge in [0, 0.05) is 30.8 Å². The number of morpholine rings is 1. The molecule has 0 spiro atoms. The summed E-state index contributed by atoms with van der Waals surface area (Å²) in [5.74, 6) is -0.239. The maximum atomic E-state index is 11.9. The van der Waals surface area contributed by atoms with Crippen LogP contribution < -0.4 is 10.6 Å². The maximum Gasteiger partial charge on any atom is 0.259 e. The van der Waals surface area contributed by atoms with Gasteiger partial charge in [-0.15, -0.1) is 11.3 Å². The van der Waals surface area contributed by atoms with Gasteiger partial charge in [-0.25, -0.2) is 0 Å². The molecule has 0 aliphatic carbocycles. The standard InChI is InChI=1S/C16H15N3O3S/c17-9-12-13(10-2-1-3-11(20)8-10)14(15(18)21)23-16(12)19-4-6-22-7-5-19/h1-3,8,20H,4-7H2,(H2,18,21)/p+1. The van der Waals surface area contributed by atoms with Gasteiger partial charge < -0.3 is 20.5 Å². The first-order valence-corrected chi connectivity index (χ1v) is 7.95. The number of carbonyl (C=O) groups excluding carboxylic acids is 1. The lowest BCUT2D eigenvalue weighted by Crippen LogP contribution is -2.36. The van der Waals surface area contributed by atoms with Crippen molar-refractivity contribution in [1.82, 2.24) is 0 Å². The van der Waals surface area contributed by atoms with Crippen LogP contribution in [0.15, 0.2) is 24.3 Å². The maximum absolute atomic E-state index is 11.9. The SMILES string of the molecule is N#Cc1c(N2CCOCC2)sc(C(N)=O)c1-c1cccc([OH2+])c1. The van der Waals surface area contributed by atoms with Gasteiger partial charge in [0.25, 0.3) is 11.7 Å². The molecule has 4 N–H and O–H groups in total. The highest BCUT2D eigenvalue weighted by Gasteiger charge is 2.27. The molecule has 2 aromatic rings. The van der Waals surface area contributed by atoms with E-state index in [-0.39, 0.29) is 0 Å². The van der Waals surface area contributed by atoms with Gasteiger partial charge in [0.1, 0.15) is 15.9 Å². The van der Waals surface area contributed by atoms with E-state index in [0.29, 0.717) is 53.6 Å². The van der Waals surface area contributed by atoms with E-state index in [2.05, 4.69) is 6.07 Å². The minimum atomic E-state index is -0.559. The van der Waals surface area contributed by atoms with E-state index in [1.54, 1.807) is 24.3 Å². The van der Waals surface area contributed by atoms with Crippen LogP contribution in [-0.2, 0) is 4.74 Å². The Morgan fingerprint density at radius 3 is 2.74 bits per heavy atom. The average molecular weight is 330 g/mol. The van der Waals surface area contributed by atoms with E-state index in [1.165, 1.54) is 11.3 Å². The third kappa shape index (κ3) is 2.86. The molecule has 0 saturated carbocycles. The number of hydrogen-bond acceptors (Lipinski definition) is 5. The number of nitriles is 1. The fraction of sp³-hybridized carbons (Fsp3) is 0.250. The van der Waals surface area contributed by atoms with Crippen molar-refractivity contribution in [2.24, 2.45) is 5.73 Å². The number of anilines is 1. The topological polar surface area (TPSA) is 102 Å². The van der Waals surface area contributed by atoms with Gasteiger partial charge in [0.05, 0.1) is 18.8 Å². The quantitative estimate of drug-likeness (QED) is 0.864. The molecule has 23 heavy (non-hydrogen) atoms. The monoisotopic (exact) mass is 330 g/mol. The lowest BCUT2D eigenvalue weighted by atomic mass is 10.0. The van der Waals surface area contributed by atoms with Crippen molar-refractivity contribution >= 4 is 22.2 Å². The van der Waals surface area contributed by atoms with Crippen LogP contribution in [0.5, 0.6) is 5.75 Å². The summed E-state index contributed by atoms with van der Waals surface area (Å²) in [5.41, 5.74) is 7.16. The van der Waals surface area contributed by atoms with Crippen molar-refractivity contribution in [3.8, 4) is 22.9 Å². The average Bonchev–Trinajstić information content (AvgIpc) is 2.95. The Labute approximate surface area is 137 Å². The number of nitrogens with zero attached hydrogens (tertiary/aromatic N) is 2. The molecular formula is C16H16N3O3S+. The Hall–Kier alpha value is -2.56. The molecule has 118 valence electrons. The predicted octanol–water partition coefficient (Wildman–Crippen LogP) is 1.66. The first kappa shape index (κ1) is 15.3. The number of amides is 1. The molecule has 0 radical (unpaired) electrons. The molecule has 0 bridgehead atoms. The second-order valence-electron chi connectivity index (χ2n) is 5.14. The summed E-state index contributed by atoms with van der Waals surface area (Å²) in [5, 5.41) is 18.2. The van der Waals surface area contributed by atoms with Gasteiger partial charge in [-0.05, 0) is 5.56 Å². The number of primary amides is 1. The molecule has 1 saturated heterocycles. The van der Waals surface area contributed by atoms with Crippen LogP contribution in [0.4, 0.5) is 5.00 Å². The van der Waals surface area contributed by atoms with Crippen molar-refractivity contribution in [1.29, 1.82) is 5.26 Å². The normalized spacial score (nSPS) is 14.5. The molecule has 3 rings (SSSR count). The minimum Gasteiger partial charge on any atom is -0.593 e. The van der Waals surface area contributed by atoms with E-state index in [4.69, 9.17) is 15.6 Å². The number of carbonyl (C=O) groups is 1. The molecule has 1 aromatic carbocycles. The molecule has 2 heterocycles. The van der Waals surface area contributed by atoms with E-state index in [9.17, 15) is 10.1 Å². The van der Waals surface area contributed by atoms with Crippen LogP contribution in [-0.4, -0.2) is 37.3 Å². The Balaban J connectivity index is 2.19. The second kappa shape index (κ2) is 6.28. The lowest BCUT2D eigenvalue weighted by Gasteiger charge is -2.27. The summed E-state index contributed by atoms with van der Waals surface area (Å²) in [6.45, 7) is 2.52. The highest BCUT2D eigenvalue weighted by Crippen LogP contribution is 2.42. The smallest absolute Gasteiger partial charge is 0.259 e. The molecule has 0 unspecified atom stereocenters. The van der Waals surface area contributed by atoms with Gasteiger partial charge in [0.15, 0.2) is 0 Å². The predicted molar refractivity (Wildman–Crippen MR) is 89.1 cm³/mol. The van der Waals surface area contributed by atoms with Gasteiger partial charge in [-0.3, -0.25) is 4.79 Å². The van der Waals surface area contributed by atoms with Crippen LogP contribution in [0.3, 0.4) is 0 Å². The summed E-state index contributed by atoms with van der Waals surface area (Å²) in [6, 6.07) is 9.02. The van der Waals surface area contributed by atoms with E-state index in [1.807, 2.05) is 4.90 Å². The minimum absolute atomic E-state index is 0.320. The van der Waals surface area contributed by atoms with Crippen LogP contribution in [0, 0.1) is 11.3 Å². The Morgan fingerprint density at radius 2 is 2.13 bits per heavy atom. The summed E-state index contributed by atoms with van der Waals surface area (Å²) in [4.78, 5) is 14.3. The van der Waals surface area contributed by atoms with Crippen molar-refractivity contribution in [3.63, 3.8) is 0 Å². The van der Waals surface area contributed by atoms with E-state index >= 15 is 0 Å². The Kier molecular flexibility index (Phi) is 4.19. The fourth-order valence-electron chi connectivity index (χ4n) is 2.64. The summed E-state index contributed by atoms with van der Waals surface area (Å²) < 4.78 is 5.34. The molecule has 7 heteroatoms. The first-order chi connectivity index (χ1) is 11.1. The zero-order chi connectivity index (χ0) is 16.4. The summed E-state index contributed by atoms with van der Waals surface area (Å²) in [6.07, 6.45) is 0. The summed E-state index contributed by atoms with van der Waals surface area (Å²) in [7, 11) is 0. The van der Waals surface area contributed by atoms with Crippen molar-refractivity contribution in [2.45, 2.75) is 0 Å². The zero-order valence-electron chi connectivity index (χ0n) is 12.3. The molecule has 1 fully saturated rings. The van der Waals surface area contributed by atoms with Crippen LogP contribution in [0.25, 0.3) is 11.1 Å². The van der Waals surface area contributed by atoms with E-state index in [0.717, 1.165) is 5.00 Å². The number of ether oxygens (including phenoxy) is 1. The van der Waals surface area contributed by atoms with Gasteiger partial charge in [-0.1, -0.05) is 12.1 Å². The zero-order valence-corrected chi connectivity index (χ0v) is 13.2. The second-order valence-corrected chi connectivity index (χ2v) is 6.14. The Morgan fingerprint density at radius 1 is 1.39 bits per heavy atom. The third-order valence-electron chi connectivity index (χ3n) is 3.67. The number of thiophene rings is 1. The molecular weight excluding hydrogens is 314 g/mol. The molecule has 1 amide bonds. The lowest BCUT2D eigenvalue weighted by molar-refractivity contribution is 0.100. The molecule has 1 aliphatic heterocycles. The third-order valence-corrected chi connectivity index (χ3v) is 4.94. The van der Waals surface area contributed by atoms with Gasteiger partial charge in [0.2, 0.25) is 0 Å². The molecule has 1 aliphatic rings.